The van der Waals surface area contributed by atoms with Gasteiger partial charge in [-0.05, 0) is 31.0 Å². The van der Waals surface area contributed by atoms with E-state index in [1.807, 2.05) is 25.5 Å². The van der Waals surface area contributed by atoms with Crippen molar-refractivity contribution in [2.75, 3.05) is 7.05 Å². The Morgan fingerprint density at radius 1 is 1.57 bits per heavy atom. The molecule has 1 aromatic rings. The maximum atomic E-state index is 4.16. The Bertz CT molecular complexity index is 267. The molecule has 1 aliphatic rings. The smallest absolute Gasteiger partial charge is 0.0335 e. The Labute approximate surface area is 85.7 Å². The summed E-state index contributed by atoms with van der Waals surface area (Å²) >= 11 is 0. The first-order valence-corrected chi connectivity index (χ1v) is 5.47. The van der Waals surface area contributed by atoms with Crippen molar-refractivity contribution in [3.8, 4) is 0 Å². The van der Waals surface area contributed by atoms with E-state index >= 15 is 0 Å². The number of rotatable bonds is 4. The maximum Gasteiger partial charge on any atom is 0.0335 e. The second-order valence-electron chi connectivity index (χ2n) is 4.16. The van der Waals surface area contributed by atoms with E-state index < -0.39 is 0 Å². The van der Waals surface area contributed by atoms with Crippen LogP contribution in [0.15, 0.2) is 24.5 Å². The molecule has 0 radical (unpaired) electrons. The topological polar surface area (TPSA) is 24.9 Å². The monoisotopic (exact) mass is 190 g/mol. The Kier molecular flexibility index (Phi) is 3.14. The van der Waals surface area contributed by atoms with Crippen LogP contribution in [-0.2, 0) is 0 Å². The van der Waals surface area contributed by atoms with Crippen molar-refractivity contribution in [1.29, 1.82) is 0 Å². The molecule has 0 aliphatic heterocycles. The minimum atomic E-state index is 0.494. The van der Waals surface area contributed by atoms with Crippen molar-refractivity contribution in [3.05, 3.63) is 30.1 Å². The highest BCUT2D eigenvalue weighted by Gasteiger charge is 2.21. The van der Waals surface area contributed by atoms with Crippen molar-refractivity contribution in [1.82, 2.24) is 10.3 Å². The lowest BCUT2D eigenvalue weighted by Crippen LogP contribution is -2.23. The number of nitrogens with zero attached hydrogens (tertiary/aromatic N) is 1. The van der Waals surface area contributed by atoms with Crippen LogP contribution in [0.2, 0.25) is 0 Å². The molecule has 14 heavy (non-hydrogen) atoms. The summed E-state index contributed by atoms with van der Waals surface area (Å²) < 4.78 is 0. The normalized spacial score (nSPS) is 18.9. The van der Waals surface area contributed by atoms with E-state index in [0.29, 0.717) is 6.04 Å². The first kappa shape index (κ1) is 9.66. The maximum absolute atomic E-state index is 4.16. The van der Waals surface area contributed by atoms with Gasteiger partial charge in [0.25, 0.3) is 0 Å². The van der Waals surface area contributed by atoms with Crippen LogP contribution in [0.25, 0.3) is 0 Å². The van der Waals surface area contributed by atoms with E-state index in [-0.39, 0.29) is 0 Å². The summed E-state index contributed by atoms with van der Waals surface area (Å²) in [6.45, 7) is 0. The summed E-state index contributed by atoms with van der Waals surface area (Å²) in [5.41, 5.74) is 1.32. The molecule has 0 spiro atoms. The predicted octanol–water partition coefficient (Wildman–Crippen LogP) is 2.53. The molecule has 76 valence electrons. The molecule has 1 aromatic heterocycles. The summed E-state index contributed by atoms with van der Waals surface area (Å²) in [6, 6.07) is 4.67. The summed E-state index contributed by atoms with van der Waals surface area (Å²) in [5.74, 6) is 0.938. The summed E-state index contributed by atoms with van der Waals surface area (Å²) in [4.78, 5) is 4.16. The molecule has 2 heteroatoms. The van der Waals surface area contributed by atoms with Gasteiger partial charge in [-0.15, -0.1) is 0 Å². The fourth-order valence-electron chi connectivity index (χ4n) is 2.06. The van der Waals surface area contributed by atoms with E-state index in [9.17, 15) is 0 Å². The molecular weight excluding hydrogens is 172 g/mol. The van der Waals surface area contributed by atoms with Gasteiger partial charge < -0.3 is 5.32 Å². The molecule has 0 bridgehead atoms. The number of aromatic nitrogens is 1. The third kappa shape index (κ3) is 2.13. The second kappa shape index (κ2) is 4.56. The summed E-state index contributed by atoms with van der Waals surface area (Å²) in [5, 5.41) is 3.38. The molecule has 1 fully saturated rings. The number of pyridine rings is 1. The van der Waals surface area contributed by atoms with Crippen LogP contribution >= 0.6 is 0 Å². The first-order valence-electron chi connectivity index (χ1n) is 5.47. The van der Waals surface area contributed by atoms with Gasteiger partial charge in [0, 0.05) is 18.4 Å². The van der Waals surface area contributed by atoms with E-state index in [1.165, 1.54) is 31.2 Å². The van der Waals surface area contributed by atoms with Gasteiger partial charge in [-0.1, -0.05) is 25.3 Å². The van der Waals surface area contributed by atoms with Crippen LogP contribution in [-0.4, -0.2) is 12.0 Å². The van der Waals surface area contributed by atoms with Crippen LogP contribution in [0.3, 0.4) is 0 Å². The third-order valence-electron chi connectivity index (χ3n) is 3.23. The zero-order valence-electron chi connectivity index (χ0n) is 8.74. The molecule has 1 aliphatic carbocycles. The molecule has 2 nitrogen and oxygen atoms in total. The third-order valence-corrected chi connectivity index (χ3v) is 3.23. The number of hydrogen-bond donors (Lipinski definition) is 1. The van der Waals surface area contributed by atoms with Crippen LogP contribution in [0.4, 0.5) is 0 Å². The zero-order valence-corrected chi connectivity index (χ0v) is 8.74. The lowest BCUT2D eigenvalue weighted by atomic mass is 9.80. The lowest BCUT2D eigenvalue weighted by Gasteiger charge is -2.29. The van der Waals surface area contributed by atoms with Crippen molar-refractivity contribution in [2.45, 2.75) is 31.7 Å². The van der Waals surface area contributed by atoms with Gasteiger partial charge >= 0.3 is 0 Å². The average molecular weight is 190 g/mol. The fraction of sp³-hybridized carbons (Fsp3) is 0.583. The van der Waals surface area contributed by atoms with Crippen molar-refractivity contribution >= 4 is 0 Å². The predicted molar refractivity (Wildman–Crippen MR) is 58.0 cm³/mol. The zero-order chi connectivity index (χ0) is 9.80. The van der Waals surface area contributed by atoms with E-state index in [1.54, 1.807) is 0 Å². The molecule has 0 saturated heterocycles. The largest absolute Gasteiger partial charge is 0.313 e. The Morgan fingerprint density at radius 2 is 2.43 bits per heavy atom. The highest BCUT2D eigenvalue weighted by Crippen LogP contribution is 2.34. The first-order chi connectivity index (χ1) is 6.90. The van der Waals surface area contributed by atoms with E-state index in [2.05, 4.69) is 16.4 Å². The van der Waals surface area contributed by atoms with Crippen molar-refractivity contribution < 1.29 is 0 Å². The van der Waals surface area contributed by atoms with E-state index in [4.69, 9.17) is 0 Å². The quantitative estimate of drug-likeness (QED) is 0.789. The van der Waals surface area contributed by atoms with Crippen LogP contribution in [0.1, 0.15) is 37.3 Å². The van der Waals surface area contributed by atoms with E-state index in [0.717, 1.165) is 5.92 Å². The van der Waals surface area contributed by atoms with Crippen LogP contribution < -0.4 is 5.32 Å². The molecule has 1 atom stereocenters. The van der Waals surface area contributed by atoms with Gasteiger partial charge in [0.15, 0.2) is 0 Å². The molecule has 1 saturated carbocycles. The molecule has 1 N–H and O–H groups in total. The van der Waals surface area contributed by atoms with Crippen molar-refractivity contribution in [2.24, 2.45) is 5.92 Å². The van der Waals surface area contributed by atoms with Gasteiger partial charge in [-0.25, -0.2) is 0 Å². The SMILES string of the molecule is CNC(CC1CCC1)c1cccnc1. The second-order valence-corrected chi connectivity index (χ2v) is 4.16. The molecule has 1 heterocycles. The molecule has 0 aromatic carbocycles. The fourth-order valence-corrected chi connectivity index (χ4v) is 2.06. The van der Waals surface area contributed by atoms with Crippen LogP contribution in [0.5, 0.6) is 0 Å². The van der Waals surface area contributed by atoms with Gasteiger partial charge in [-0.3, -0.25) is 4.98 Å². The van der Waals surface area contributed by atoms with Gasteiger partial charge in [0.2, 0.25) is 0 Å². The Hall–Kier alpha value is -0.890. The Balaban J connectivity index is 1.98. The van der Waals surface area contributed by atoms with Crippen LogP contribution in [0, 0.1) is 5.92 Å². The average Bonchev–Trinajstić information content (AvgIpc) is 2.18. The van der Waals surface area contributed by atoms with Gasteiger partial charge in [-0.2, -0.15) is 0 Å². The lowest BCUT2D eigenvalue weighted by molar-refractivity contribution is 0.265. The highest BCUT2D eigenvalue weighted by molar-refractivity contribution is 5.13. The van der Waals surface area contributed by atoms with Gasteiger partial charge in [0.05, 0.1) is 0 Å². The standard InChI is InChI=1S/C12H18N2/c1-13-12(8-10-4-2-5-10)11-6-3-7-14-9-11/h3,6-7,9-10,12-13H,2,4-5,8H2,1H3. The van der Waals surface area contributed by atoms with Gasteiger partial charge in [0.1, 0.15) is 0 Å². The minimum Gasteiger partial charge on any atom is -0.313 e. The number of hydrogen-bond acceptors (Lipinski definition) is 2. The number of nitrogens with one attached hydrogen (secondary N) is 1. The highest BCUT2D eigenvalue weighted by atomic mass is 14.9. The molecule has 1 unspecified atom stereocenters. The minimum absolute atomic E-state index is 0.494. The summed E-state index contributed by atoms with van der Waals surface area (Å²) in [6.07, 6.45) is 9.33. The summed E-state index contributed by atoms with van der Waals surface area (Å²) in [7, 11) is 2.04. The Morgan fingerprint density at radius 3 is 2.93 bits per heavy atom. The molecule has 2 rings (SSSR count). The molecule has 0 amide bonds. The molecular formula is C12H18N2. The van der Waals surface area contributed by atoms with Crippen molar-refractivity contribution in [3.63, 3.8) is 0 Å².